The second-order valence-corrected chi connectivity index (χ2v) is 7.40. The van der Waals surface area contributed by atoms with Gasteiger partial charge in [0.15, 0.2) is 0 Å². The zero-order valence-corrected chi connectivity index (χ0v) is 17.0. The van der Waals surface area contributed by atoms with Gasteiger partial charge in [-0.3, -0.25) is 9.59 Å². The summed E-state index contributed by atoms with van der Waals surface area (Å²) in [6, 6.07) is 16.7. The molecule has 0 aromatic heterocycles. The predicted molar refractivity (Wildman–Crippen MR) is 115 cm³/mol. The Bertz CT molecular complexity index is 998. The number of benzene rings is 2. The number of aryl methyl sites for hydroxylation is 1. The Labute approximate surface area is 171 Å². The Kier molecular flexibility index (Phi) is 6.13. The second-order valence-electron chi connectivity index (χ2n) is 7.40. The van der Waals surface area contributed by atoms with Gasteiger partial charge >= 0.3 is 0 Å². The summed E-state index contributed by atoms with van der Waals surface area (Å²) < 4.78 is 0. The van der Waals surface area contributed by atoms with Gasteiger partial charge in [-0.05, 0) is 50.5 Å². The van der Waals surface area contributed by atoms with E-state index in [1.165, 1.54) is 5.56 Å². The summed E-state index contributed by atoms with van der Waals surface area (Å²) in [6.45, 7) is 5.96. The third-order valence-electron chi connectivity index (χ3n) is 5.00. The minimum Gasteiger partial charge on any atom is -0.321 e. The van der Waals surface area contributed by atoms with Crippen molar-refractivity contribution in [3.63, 3.8) is 0 Å². The molecule has 0 atom stereocenters. The van der Waals surface area contributed by atoms with E-state index in [1.54, 1.807) is 17.0 Å². The van der Waals surface area contributed by atoms with Crippen LogP contribution >= 0.6 is 0 Å². The number of fused-ring (bicyclic) bond motifs is 1. The van der Waals surface area contributed by atoms with E-state index in [0.29, 0.717) is 11.3 Å². The van der Waals surface area contributed by atoms with Crippen molar-refractivity contribution >= 4 is 28.8 Å². The zero-order chi connectivity index (χ0) is 21.0. The van der Waals surface area contributed by atoms with E-state index in [2.05, 4.69) is 12.2 Å². The molecule has 3 rings (SSSR count). The van der Waals surface area contributed by atoms with E-state index in [4.69, 9.17) is 0 Å². The van der Waals surface area contributed by atoms with Gasteiger partial charge in [-0.15, -0.1) is 0 Å². The molecule has 2 aromatic rings. The minimum atomic E-state index is -0.572. The van der Waals surface area contributed by atoms with E-state index in [-0.39, 0.29) is 23.1 Å². The van der Waals surface area contributed by atoms with Gasteiger partial charge in [-0.2, -0.15) is 5.26 Å². The number of nitrogens with one attached hydrogen (secondary N) is 1. The highest BCUT2D eigenvalue weighted by Crippen LogP contribution is 2.39. The van der Waals surface area contributed by atoms with Crippen LogP contribution in [-0.2, 0) is 16.0 Å². The highest BCUT2D eigenvalue weighted by atomic mass is 16.2. The number of hydrogen-bond donors (Lipinski definition) is 1. The van der Waals surface area contributed by atoms with E-state index in [1.807, 2.05) is 56.3 Å². The molecule has 5 nitrogen and oxygen atoms in total. The van der Waals surface area contributed by atoms with Gasteiger partial charge in [0, 0.05) is 17.3 Å². The van der Waals surface area contributed by atoms with E-state index >= 15 is 0 Å². The van der Waals surface area contributed by atoms with Crippen LogP contribution in [0.1, 0.15) is 44.7 Å². The summed E-state index contributed by atoms with van der Waals surface area (Å²) in [4.78, 5) is 27.5. The highest BCUT2D eigenvalue weighted by molar-refractivity contribution is 6.38. The fourth-order valence-electron chi connectivity index (χ4n) is 3.54. The van der Waals surface area contributed by atoms with E-state index < -0.39 is 5.91 Å². The van der Waals surface area contributed by atoms with Gasteiger partial charge in [0.05, 0.1) is 11.3 Å². The summed E-state index contributed by atoms with van der Waals surface area (Å²) >= 11 is 0. The number of carbonyl (C=O) groups is 2. The number of nitriles is 1. The van der Waals surface area contributed by atoms with E-state index in [9.17, 15) is 14.9 Å². The molecule has 1 aliphatic rings. The lowest BCUT2D eigenvalue weighted by atomic mass is 10.0. The predicted octanol–water partition coefficient (Wildman–Crippen LogP) is 4.70. The van der Waals surface area contributed by atoms with Crippen LogP contribution in [0.25, 0.3) is 5.57 Å². The topological polar surface area (TPSA) is 73.2 Å². The third kappa shape index (κ3) is 4.07. The molecular weight excluding hydrogens is 362 g/mol. The lowest BCUT2D eigenvalue weighted by Crippen LogP contribution is -2.33. The normalized spacial score (nSPS) is 14.6. The van der Waals surface area contributed by atoms with Crippen molar-refractivity contribution in [3.8, 4) is 6.07 Å². The number of amides is 2. The number of hydrogen-bond acceptors (Lipinski definition) is 3. The molecule has 0 spiro atoms. The van der Waals surface area contributed by atoms with Crippen molar-refractivity contribution in [3.05, 3.63) is 65.2 Å². The molecule has 0 fully saturated rings. The third-order valence-corrected chi connectivity index (χ3v) is 5.00. The molecule has 1 heterocycles. The SMILES string of the molecule is CCCCc1ccc(NC(=O)C(C#N)=C2C(=O)N(C(C)C)c3ccccc32)cc1. The van der Waals surface area contributed by atoms with Crippen LogP contribution in [0.5, 0.6) is 0 Å². The van der Waals surface area contributed by atoms with Gasteiger partial charge in [-0.1, -0.05) is 43.7 Å². The Hall–Kier alpha value is -3.39. The minimum absolute atomic E-state index is 0.0835. The maximum atomic E-state index is 13.0. The van der Waals surface area contributed by atoms with Gasteiger partial charge in [0.1, 0.15) is 11.6 Å². The molecule has 0 saturated heterocycles. The van der Waals surface area contributed by atoms with Crippen LogP contribution in [0.3, 0.4) is 0 Å². The number of carbonyl (C=O) groups excluding carboxylic acids is 2. The first kappa shape index (κ1) is 20.3. The Morgan fingerprint density at radius 3 is 2.45 bits per heavy atom. The van der Waals surface area contributed by atoms with Crippen LogP contribution in [0, 0.1) is 11.3 Å². The molecule has 0 unspecified atom stereocenters. The lowest BCUT2D eigenvalue weighted by Gasteiger charge is -2.21. The fraction of sp³-hybridized carbons (Fsp3) is 0.292. The Balaban J connectivity index is 1.92. The standard InChI is InChI=1S/C24H25N3O2/c1-4-5-8-17-11-13-18(14-12-17)26-23(28)20(15-25)22-19-9-6-7-10-21(19)27(16(2)3)24(22)29/h6-7,9-14,16H,4-5,8H2,1-3H3,(H,26,28). The molecular formula is C24H25N3O2. The lowest BCUT2D eigenvalue weighted by molar-refractivity contribution is -0.115. The summed E-state index contributed by atoms with van der Waals surface area (Å²) in [6.07, 6.45) is 3.24. The van der Waals surface area contributed by atoms with Crippen molar-refractivity contribution in [1.29, 1.82) is 5.26 Å². The van der Waals surface area contributed by atoms with Gasteiger partial charge in [0.25, 0.3) is 11.8 Å². The van der Waals surface area contributed by atoms with Crippen LogP contribution in [0.15, 0.2) is 54.1 Å². The number of anilines is 2. The number of unbranched alkanes of at least 4 members (excludes halogenated alkanes) is 1. The van der Waals surface area contributed by atoms with Crippen LogP contribution in [-0.4, -0.2) is 17.9 Å². The largest absolute Gasteiger partial charge is 0.321 e. The van der Waals surface area contributed by atoms with Crippen LogP contribution in [0.4, 0.5) is 11.4 Å². The molecule has 0 bridgehead atoms. The first-order valence-electron chi connectivity index (χ1n) is 9.95. The van der Waals surface area contributed by atoms with Crippen molar-refractivity contribution in [2.24, 2.45) is 0 Å². The molecule has 0 radical (unpaired) electrons. The van der Waals surface area contributed by atoms with Gasteiger partial charge in [-0.25, -0.2) is 0 Å². The molecule has 29 heavy (non-hydrogen) atoms. The fourth-order valence-corrected chi connectivity index (χ4v) is 3.54. The summed E-state index contributed by atoms with van der Waals surface area (Å²) in [5, 5.41) is 12.5. The Morgan fingerprint density at radius 1 is 1.14 bits per heavy atom. The summed E-state index contributed by atoms with van der Waals surface area (Å²) in [7, 11) is 0. The molecule has 1 N–H and O–H groups in total. The molecule has 148 valence electrons. The average molecular weight is 387 g/mol. The van der Waals surface area contributed by atoms with Crippen molar-refractivity contribution in [1.82, 2.24) is 0 Å². The molecule has 2 amide bonds. The zero-order valence-electron chi connectivity index (χ0n) is 17.0. The average Bonchev–Trinajstić information content (AvgIpc) is 3.00. The molecule has 1 aliphatic heterocycles. The second kappa shape index (κ2) is 8.74. The summed E-state index contributed by atoms with van der Waals surface area (Å²) in [5.41, 5.74) is 3.14. The van der Waals surface area contributed by atoms with Crippen molar-refractivity contribution < 1.29 is 9.59 Å². The quantitative estimate of drug-likeness (QED) is 0.577. The highest BCUT2D eigenvalue weighted by Gasteiger charge is 2.37. The molecule has 0 aliphatic carbocycles. The number of rotatable bonds is 6. The van der Waals surface area contributed by atoms with Gasteiger partial charge in [0.2, 0.25) is 0 Å². The first-order valence-corrected chi connectivity index (χ1v) is 9.95. The van der Waals surface area contributed by atoms with Crippen LogP contribution in [0.2, 0.25) is 0 Å². The van der Waals surface area contributed by atoms with E-state index in [0.717, 1.165) is 24.9 Å². The molecule has 2 aromatic carbocycles. The maximum absolute atomic E-state index is 13.0. The first-order chi connectivity index (χ1) is 14.0. The Morgan fingerprint density at radius 2 is 1.83 bits per heavy atom. The smallest absolute Gasteiger partial charge is 0.267 e. The monoisotopic (exact) mass is 387 g/mol. The molecule has 0 saturated carbocycles. The van der Waals surface area contributed by atoms with Crippen molar-refractivity contribution in [2.75, 3.05) is 10.2 Å². The molecule has 5 heteroatoms. The van der Waals surface area contributed by atoms with Gasteiger partial charge < -0.3 is 10.2 Å². The van der Waals surface area contributed by atoms with Crippen molar-refractivity contribution in [2.45, 2.75) is 46.1 Å². The summed E-state index contributed by atoms with van der Waals surface area (Å²) in [5.74, 6) is -0.889. The number of para-hydroxylation sites is 1. The maximum Gasteiger partial charge on any atom is 0.267 e. The van der Waals surface area contributed by atoms with Crippen LogP contribution < -0.4 is 10.2 Å². The number of nitrogens with zero attached hydrogens (tertiary/aromatic N) is 2.